The molecule has 106 valence electrons. The zero-order valence-electron chi connectivity index (χ0n) is 12.0. The van der Waals surface area contributed by atoms with Gasteiger partial charge in [-0.3, -0.25) is 0 Å². The summed E-state index contributed by atoms with van der Waals surface area (Å²) in [5, 5.41) is 19.1. The van der Waals surface area contributed by atoms with E-state index in [-0.39, 0.29) is 6.42 Å². The van der Waals surface area contributed by atoms with Crippen molar-refractivity contribution in [3.63, 3.8) is 0 Å². The number of ether oxygens (including phenoxy) is 2. The van der Waals surface area contributed by atoms with Crippen LogP contribution in [-0.2, 0) is 14.3 Å². The molecule has 18 heavy (non-hydrogen) atoms. The third-order valence-electron chi connectivity index (χ3n) is 3.59. The second kappa shape index (κ2) is 4.47. The minimum Gasteiger partial charge on any atom is -0.479 e. The Morgan fingerprint density at radius 2 is 1.78 bits per heavy atom. The van der Waals surface area contributed by atoms with Crippen molar-refractivity contribution in [2.45, 2.75) is 77.0 Å². The zero-order chi connectivity index (χ0) is 14.4. The van der Waals surface area contributed by atoms with Gasteiger partial charge < -0.3 is 19.7 Å². The molecule has 2 N–H and O–H groups in total. The lowest BCUT2D eigenvalue weighted by atomic mass is 9.82. The van der Waals surface area contributed by atoms with E-state index in [0.29, 0.717) is 0 Å². The van der Waals surface area contributed by atoms with Crippen molar-refractivity contribution >= 4 is 5.97 Å². The summed E-state index contributed by atoms with van der Waals surface area (Å²) in [4.78, 5) is 11.7. The Morgan fingerprint density at radius 1 is 1.28 bits per heavy atom. The van der Waals surface area contributed by atoms with Crippen molar-refractivity contribution in [3.05, 3.63) is 0 Å². The number of carboxylic acids is 1. The van der Waals surface area contributed by atoms with Gasteiger partial charge in [0.15, 0.2) is 5.60 Å². The molecule has 1 aliphatic heterocycles. The van der Waals surface area contributed by atoms with Gasteiger partial charge in [-0.2, -0.15) is 0 Å². The number of aliphatic hydroxyl groups is 1. The van der Waals surface area contributed by atoms with Gasteiger partial charge in [-0.1, -0.05) is 0 Å². The highest BCUT2D eigenvalue weighted by molar-refractivity contribution is 5.80. The van der Waals surface area contributed by atoms with E-state index in [1.807, 2.05) is 13.8 Å². The van der Waals surface area contributed by atoms with Crippen LogP contribution in [-0.4, -0.2) is 45.2 Å². The Bertz CT molecular complexity index is 334. The molecule has 0 radical (unpaired) electrons. The number of carboxylic acid groups (broad SMARTS) is 1. The average Bonchev–Trinajstić information content (AvgIpc) is 2.31. The highest BCUT2D eigenvalue weighted by Gasteiger charge is 2.64. The molecule has 0 spiro atoms. The average molecular weight is 260 g/mol. The lowest BCUT2D eigenvalue weighted by molar-refractivity contribution is -0.207. The second-order valence-corrected chi connectivity index (χ2v) is 6.24. The molecule has 0 aromatic rings. The molecule has 5 heteroatoms. The minimum absolute atomic E-state index is 0.249. The van der Waals surface area contributed by atoms with Crippen molar-refractivity contribution in [2.24, 2.45) is 0 Å². The Morgan fingerprint density at radius 3 is 2.06 bits per heavy atom. The number of aliphatic carboxylic acids is 1. The van der Waals surface area contributed by atoms with Crippen molar-refractivity contribution in [2.75, 3.05) is 0 Å². The van der Waals surface area contributed by atoms with Crippen molar-refractivity contribution in [1.82, 2.24) is 0 Å². The van der Waals surface area contributed by atoms with Crippen molar-refractivity contribution < 1.29 is 24.5 Å². The predicted molar refractivity (Wildman–Crippen MR) is 66.5 cm³/mol. The summed E-state index contributed by atoms with van der Waals surface area (Å²) in [6.45, 7) is 10.4. The molecule has 3 unspecified atom stereocenters. The predicted octanol–water partition coefficient (Wildman–Crippen LogP) is 1.57. The molecule has 1 heterocycles. The lowest BCUT2D eigenvalue weighted by Crippen LogP contribution is -2.57. The van der Waals surface area contributed by atoms with Gasteiger partial charge in [0.05, 0.1) is 17.8 Å². The van der Waals surface area contributed by atoms with Crippen molar-refractivity contribution in [3.8, 4) is 0 Å². The lowest BCUT2D eigenvalue weighted by Gasteiger charge is -2.38. The molecule has 0 saturated carbocycles. The van der Waals surface area contributed by atoms with Gasteiger partial charge in [-0.15, -0.1) is 0 Å². The molecule has 5 nitrogen and oxygen atoms in total. The van der Waals surface area contributed by atoms with Crippen LogP contribution in [0.1, 0.15) is 48.0 Å². The largest absolute Gasteiger partial charge is 0.479 e. The summed E-state index contributed by atoms with van der Waals surface area (Å²) < 4.78 is 11.5. The first-order chi connectivity index (χ1) is 7.93. The smallest absolute Gasteiger partial charge is 0.339 e. The van der Waals surface area contributed by atoms with E-state index in [4.69, 9.17) is 9.47 Å². The van der Waals surface area contributed by atoms with E-state index in [2.05, 4.69) is 0 Å². The Hall–Kier alpha value is -0.650. The molecule has 0 aromatic heterocycles. The van der Waals surface area contributed by atoms with Crippen LogP contribution in [0.4, 0.5) is 0 Å². The van der Waals surface area contributed by atoms with Gasteiger partial charge in [-0.25, -0.2) is 4.79 Å². The van der Waals surface area contributed by atoms with Gasteiger partial charge in [0.1, 0.15) is 5.60 Å². The number of carbonyl (C=O) groups is 1. The molecule has 1 rings (SSSR count). The highest BCUT2D eigenvalue weighted by atomic mass is 16.6. The molecule has 0 aliphatic carbocycles. The fourth-order valence-corrected chi connectivity index (χ4v) is 2.60. The second-order valence-electron chi connectivity index (χ2n) is 6.24. The van der Waals surface area contributed by atoms with Crippen LogP contribution in [0.25, 0.3) is 0 Å². The number of aliphatic hydroxyl groups excluding tert-OH is 1. The SMILES string of the molecule is CC(O)C(C)OC1(C(=O)O)CC(C)(C)OC1(C)C. The van der Waals surface area contributed by atoms with Crippen LogP contribution in [0.5, 0.6) is 0 Å². The summed E-state index contributed by atoms with van der Waals surface area (Å²) in [7, 11) is 0. The van der Waals surface area contributed by atoms with Gasteiger partial charge in [0.25, 0.3) is 0 Å². The van der Waals surface area contributed by atoms with E-state index in [1.165, 1.54) is 0 Å². The van der Waals surface area contributed by atoms with Crippen LogP contribution in [0.2, 0.25) is 0 Å². The standard InChI is InChI=1S/C13H24O5/c1-8(14)9(2)17-13(10(15)16)7-11(3,4)18-12(13,5)6/h8-9,14H,7H2,1-6H3,(H,15,16). The first-order valence-electron chi connectivity index (χ1n) is 6.23. The molecule has 0 bridgehead atoms. The van der Waals surface area contributed by atoms with Gasteiger partial charge in [0.2, 0.25) is 0 Å². The molecule has 1 fully saturated rings. The fourth-order valence-electron chi connectivity index (χ4n) is 2.60. The minimum atomic E-state index is -1.44. The molecule has 0 aromatic carbocycles. The van der Waals surface area contributed by atoms with E-state index < -0.39 is 35.0 Å². The first kappa shape index (κ1) is 15.4. The summed E-state index contributed by atoms with van der Waals surface area (Å²) in [6, 6.07) is 0. The van der Waals surface area contributed by atoms with E-state index in [9.17, 15) is 15.0 Å². The van der Waals surface area contributed by atoms with E-state index in [0.717, 1.165) is 0 Å². The maximum absolute atomic E-state index is 11.7. The van der Waals surface area contributed by atoms with Crippen molar-refractivity contribution in [1.29, 1.82) is 0 Å². The highest BCUT2D eigenvalue weighted by Crippen LogP contribution is 2.48. The molecule has 0 amide bonds. The summed E-state index contributed by atoms with van der Waals surface area (Å²) in [5.74, 6) is -1.05. The van der Waals surface area contributed by atoms with Crippen LogP contribution < -0.4 is 0 Å². The molecular formula is C13H24O5. The monoisotopic (exact) mass is 260 g/mol. The Labute approximate surface area is 108 Å². The molecule has 3 atom stereocenters. The Balaban J connectivity index is 3.12. The topological polar surface area (TPSA) is 76.0 Å². The zero-order valence-corrected chi connectivity index (χ0v) is 12.0. The third kappa shape index (κ3) is 2.53. The van der Waals surface area contributed by atoms with Crippen LogP contribution in [0.15, 0.2) is 0 Å². The maximum atomic E-state index is 11.7. The van der Waals surface area contributed by atoms with E-state index in [1.54, 1.807) is 27.7 Å². The number of hydrogen-bond donors (Lipinski definition) is 2. The summed E-state index contributed by atoms with van der Waals surface area (Å²) in [5.41, 5.74) is -2.96. The van der Waals surface area contributed by atoms with Gasteiger partial charge in [0, 0.05) is 6.42 Å². The molecule has 1 saturated heterocycles. The van der Waals surface area contributed by atoms with E-state index >= 15 is 0 Å². The van der Waals surface area contributed by atoms with Crippen LogP contribution in [0, 0.1) is 0 Å². The first-order valence-corrected chi connectivity index (χ1v) is 6.23. The van der Waals surface area contributed by atoms with Crippen LogP contribution in [0.3, 0.4) is 0 Å². The summed E-state index contributed by atoms with van der Waals surface area (Å²) >= 11 is 0. The quantitative estimate of drug-likeness (QED) is 0.802. The molecular weight excluding hydrogens is 236 g/mol. The third-order valence-corrected chi connectivity index (χ3v) is 3.59. The number of rotatable bonds is 4. The normalized spacial score (nSPS) is 33.1. The fraction of sp³-hybridized carbons (Fsp3) is 0.923. The maximum Gasteiger partial charge on any atom is 0.339 e. The van der Waals surface area contributed by atoms with Crippen LogP contribution >= 0.6 is 0 Å². The molecule has 1 aliphatic rings. The van der Waals surface area contributed by atoms with Gasteiger partial charge in [-0.05, 0) is 41.5 Å². The number of hydrogen-bond acceptors (Lipinski definition) is 4. The van der Waals surface area contributed by atoms with Gasteiger partial charge >= 0.3 is 5.97 Å². The Kier molecular flexibility index (Phi) is 3.83. The summed E-state index contributed by atoms with van der Waals surface area (Å²) in [6.07, 6.45) is -1.06.